The number of nitriles is 1. The van der Waals surface area contributed by atoms with Crippen LogP contribution in [0.5, 0.6) is 5.75 Å². The fourth-order valence-electron chi connectivity index (χ4n) is 2.96. The zero-order valence-electron chi connectivity index (χ0n) is 18.7. The first-order valence-corrected chi connectivity index (χ1v) is 11.9. The summed E-state index contributed by atoms with van der Waals surface area (Å²) in [5, 5.41) is 33.8. The second-order valence-corrected chi connectivity index (χ2v) is 9.31. The van der Waals surface area contributed by atoms with Gasteiger partial charge in [0, 0.05) is 23.8 Å². The molecule has 0 spiro atoms. The molecule has 0 radical (unpaired) electrons. The SMILES string of the molecule is Cc1ccc(S(=O)(=O)Oc2ccc(/C=C(\C#N)C(=O)Nc3cc([N+](=O)[O-])ccc3Cl)cc2)cc1[N+](=O)[O-]. The van der Waals surface area contributed by atoms with Gasteiger partial charge in [-0.1, -0.05) is 29.8 Å². The Morgan fingerprint density at radius 2 is 1.73 bits per heavy atom. The fourth-order valence-corrected chi connectivity index (χ4v) is 4.08. The molecule has 0 aliphatic heterocycles. The van der Waals surface area contributed by atoms with Crippen molar-refractivity contribution in [1.82, 2.24) is 0 Å². The summed E-state index contributed by atoms with van der Waals surface area (Å²) in [7, 11) is -4.39. The van der Waals surface area contributed by atoms with E-state index in [4.69, 9.17) is 15.8 Å². The number of hydrogen-bond acceptors (Lipinski definition) is 9. The number of carbonyl (C=O) groups excluding carboxylic acids is 1. The Labute approximate surface area is 214 Å². The highest BCUT2D eigenvalue weighted by Gasteiger charge is 2.22. The first-order chi connectivity index (χ1) is 17.4. The number of hydrogen-bond donors (Lipinski definition) is 1. The molecule has 1 N–H and O–H groups in total. The molecule has 0 atom stereocenters. The van der Waals surface area contributed by atoms with Crippen LogP contribution >= 0.6 is 11.6 Å². The summed E-state index contributed by atoms with van der Waals surface area (Å²) in [6.45, 7) is 1.47. The van der Waals surface area contributed by atoms with Gasteiger partial charge in [0.15, 0.2) is 0 Å². The monoisotopic (exact) mass is 542 g/mol. The quantitative estimate of drug-likeness (QED) is 0.137. The minimum atomic E-state index is -4.39. The number of nitro groups is 2. The number of aryl methyl sites for hydroxylation is 1. The average molecular weight is 543 g/mol. The van der Waals surface area contributed by atoms with Crippen LogP contribution in [0.2, 0.25) is 5.02 Å². The van der Waals surface area contributed by atoms with E-state index >= 15 is 0 Å². The highest BCUT2D eigenvalue weighted by Crippen LogP contribution is 2.28. The molecular formula is C23H15ClN4O8S. The largest absolute Gasteiger partial charge is 0.379 e. The topological polar surface area (TPSA) is 183 Å². The molecule has 0 heterocycles. The molecule has 188 valence electrons. The normalized spacial score (nSPS) is 11.3. The van der Waals surface area contributed by atoms with Crippen LogP contribution in [0.1, 0.15) is 11.1 Å². The van der Waals surface area contributed by atoms with E-state index in [2.05, 4.69) is 5.32 Å². The zero-order chi connectivity index (χ0) is 27.3. The van der Waals surface area contributed by atoms with E-state index in [0.717, 1.165) is 18.2 Å². The maximum Gasteiger partial charge on any atom is 0.339 e. The maximum atomic E-state index is 12.5. The minimum absolute atomic E-state index is 0.0258. The average Bonchev–Trinajstić information content (AvgIpc) is 2.84. The first-order valence-electron chi connectivity index (χ1n) is 10.1. The summed E-state index contributed by atoms with van der Waals surface area (Å²) in [5.41, 5.74) is -0.507. The second kappa shape index (κ2) is 10.9. The van der Waals surface area contributed by atoms with Crippen molar-refractivity contribution in [1.29, 1.82) is 5.26 Å². The first kappa shape index (κ1) is 26.8. The standard InChI is InChI=1S/C23H15ClN4O8S/c1-14-2-8-19(12-22(14)28(32)33)37(34,35)36-18-6-3-15(4-7-18)10-16(13-25)23(29)26-21-11-17(27(30)31)5-9-20(21)24/h2-12H,1H3,(H,26,29)/b16-10+. The van der Waals surface area contributed by atoms with E-state index < -0.39 is 30.8 Å². The van der Waals surface area contributed by atoms with Gasteiger partial charge in [0.05, 0.1) is 20.6 Å². The number of carbonyl (C=O) groups is 1. The van der Waals surface area contributed by atoms with E-state index in [-0.39, 0.29) is 39.0 Å². The number of halogens is 1. The number of rotatable bonds is 8. The number of amides is 1. The third kappa shape index (κ3) is 6.45. The number of nitro benzene ring substituents is 2. The van der Waals surface area contributed by atoms with Crippen molar-refractivity contribution >= 4 is 50.8 Å². The van der Waals surface area contributed by atoms with E-state index in [9.17, 15) is 38.7 Å². The van der Waals surface area contributed by atoms with Crippen molar-refractivity contribution in [3.05, 3.63) is 103 Å². The van der Waals surface area contributed by atoms with Crippen LogP contribution in [-0.4, -0.2) is 24.2 Å². The predicted molar refractivity (Wildman–Crippen MR) is 132 cm³/mol. The summed E-state index contributed by atoms with van der Waals surface area (Å²) in [4.78, 5) is 32.8. The number of benzene rings is 3. The predicted octanol–water partition coefficient (Wildman–Crippen LogP) is 4.78. The van der Waals surface area contributed by atoms with Gasteiger partial charge in [-0.05, 0) is 42.8 Å². The summed E-state index contributed by atoms with van der Waals surface area (Å²) in [6, 6.07) is 13.8. The van der Waals surface area contributed by atoms with Gasteiger partial charge in [-0.3, -0.25) is 25.0 Å². The van der Waals surface area contributed by atoms with Gasteiger partial charge in [-0.25, -0.2) is 0 Å². The Balaban J connectivity index is 1.79. The van der Waals surface area contributed by atoms with Crippen molar-refractivity contribution in [2.24, 2.45) is 0 Å². The molecule has 0 unspecified atom stereocenters. The Hall–Kier alpha value is -4.80. The van der Waals surface area contributed by atoms with Gasteiger partial charge in [0.2, 0.25) is 0 Å². The zero-order valence-corrected chi connectivity index (χ0v) is 20.3. The molecule has 0 aliphatic carbocycles. The highest BCUT2D eigenvalue weighted by atomic mass is 35.5. The van der Waals surface area contributed by atoms with Gasteiger partial charge in [0.1, 0.15) is 22.3 Å². The van der Waals surface area contributed by atoms with Gasteiger partial charge < -0.3 is 9.50 Å². The van der Waals surface area contributed by atoms with Crippen molar-refractivity contribution < 1.29 is 27.2 Å². The number of non-ortho nitro benzene ring substituents is 1. The van der Waals surface area contributed by atoms with Crippen LogP contribution in [0.4, 0.5) is 17.1 Å². The second-order valence-electron chi connectivity index (χ2n) is 7.36. The Morgan fingerprint density at radius 1 is 1.05 bits per heavy atom. The highest BCUT2D eigenvalue weighted by molar-refractivity contribution is 7.87. The lowest BCUT2D eigenvalue weighted by Crippen LogP contribution is -2.14. The lowest BCUT2D eigenvalue weighted by Gasteiger charge is -2.08. The molecule has 0 saturated heterocycles. The molecule has 3 aromatic rings. The molecule has 0 bridgehead atoms. The van der Waals surface area contributed by atoms with E-state index in [1.54, 1.807) is 6.07 Å². The third-order valence-corrected chi connectivity index (χ3v) is 6.41. The Morgan fingerprint density at radius 3 is 2.32 bits per heavy atom. The third-order valence-electron chi connectivity index (χ3n) is 4.84. The minimum Gasteiger partial charge on any atom is -0.379 e. The van der Waals surface area contributed by atoms with Gasteiger partial charge in [-0.15, -0.1) is 0 Å². The lowest BCUT2D eigenvalue weighted by atomic mass is 10.1. The van der Waals surface area contributed by atoms with Gasteiger partial charge >= 0.3 is 10.1 Å². The van der Waals surface area contributed by atoms with Crippen molar-refractivity contribution in [2.75, 3.05) is 5.32 Å². The molecule has 12 nitrogen and oxygen atoms in total. The lowest BCUT2D eigenvalue weighted by molar-refractivity contribution is -0.385. The molecule has 0 fully saturated rings. The fraction of sp³-hybridized carbons (Fsp3) is 0.0435. The van der Waals surface area contributed by atoms with E-state index in [1.165, 1.54) is 55.5 Å². The number of nitrogens with zero attached hydrogens (tertiary/aromatic N) is 3. The van der Waals surface area contributed by atoms with Crippen LogP contribution in [-0.2, 0) is 14.9 Å². The molecule has 37 heavy (non-hydrogen) atoms. The number of nitrogens with one attached hydrogen (secondary N) is 1. The maximum absolute atomic E-state index is 12.5. The molecule has 3 rings (SSSR count). The Bertz CT molecular complexity index is 1600. The van der Waals surface area contributed by atoms with Crippen LogP contribution in [0, 0.1) is 38.5 Å². The summed E-state index contributed by atoms with van der Waals surface area (Å²) < 4.78 is 30.1. The van der Waals surface area contributed by atoms with E-state index in [0.29, 0.717) is 5.56 Å². The molecule has 3 aromatic carbocycles. The van der Waals surface area contributed by atoms with Crippen molar-refractivity contribution in [3.8, 4) is 11.8 Å². The number of anilines is 1. The molecule has 0 aliphatic rings. The van der Waals surface area contributed by atoms with Gasteiger partial charge in [-0.2, -0.15) is 13.7 Å². The van der Waals surface area contributed by atoms with Crippen LogP contribution < -0.4 is 9.50 Å². The van der Waals surface area contributed by atoms with Crippen LogP contribution in [0.3, 0.4) is 0 Å². The Kier molecular flexibility index (Phi) is 7.86. The smallest absolute Gasteiger partial charge is 0.339 e. The van der Waals surface area contributed by atoms with Crippen molar-refractivity contribution in [2.45, 2.75) is 11.8 Å². The summed E-state index contributed by atoms with van der Waals surface area (Å²) in [6.07, 6.45) is 1.20. The summed E-state index contributed by atoms with van der Waals surface area (Å²) in [5.74, 6) is -1.000. The molecule has 0 saturated carbocycles. The molecule has 1 amide bonds. The molecular weight excluding hydrogens is 528 g/mol. The molecule has 0 aromatic heterocycles. The van der Waals surface area contributed by atoms with Crippen LogP contribution in [0.25, 0.3) is 6.08 Å². The van der Waals surface area contributed by atoms with Crippen molar-refractivity contribution in [3.63, 3.8) is 0 Å². The summed E-state index contributed by atoms with van der Waals surface area (Å²) >= 11 is 5.96. The van der Waals surface area contributed by atoms with E-state index in [1.807, 2.05) is 0 Å². The molecule has 14 heteroatoms. The van der Waals surface area contributed by atoms with Gasteiger partial charge in [0.25, 0.3) is 17.3 Å². The van der Waals surface area contributed by atoms with Crippen LogP contribution in [0.15, 0.2) is 71.1 Å².